The van der Waals surface area contributed by atoms with E-state index in [2.05, 4.69) is 22.3 Å². The van der Waals surface area contributed by atoms with Crippen LogP contribution >= 0.6 is 0 Å². The summed E-state index contributed by atoms with van der Waals surface area (Å²) in [5.74, 6) is -0.326. The number of hydrogen-bond donors (Lipinski definition) is 1. The molecular weight excluding hydrogens is 434 g/mol. The third kappa shape index (κ3) is 5.33. The fourth-order valence-corrected chi connectivity index (χ4v) is 5.47. The van der Waals surface area contributed by atoms with E-state index in [9.17, 15) is 13.2 Å². The van der Waals surface area contributed by atoms with Crippen LogP contribution in [0.4, 0.5) is 5.69 Å². The zero-order valence-corrected chi connectivity index (χ0v) is 19.8. The van der Waals surface area contributed by atoms with Gasteiger partial charge in [-0.1, -0.05) is 48.5 Å². The molecule has 1 aliphatic heterocycles. The van der Waals surface area contributed by atoms with Crippen LogP contribution in [0.2, 0.25) is 0 Å². The summed E-state index contributed by atoms with van der Waals surface area (Å²) in [7, 11) is -3.68. The van der Waals surface area contributed by atoms with Gasteiger partial charge in [-0.3, -0.25) is 9.69 Å². The van der Waals surface area contributed by atoms with E-state index >= 15 is 0 Å². The predicted octanol–water partition coefficient (Wildman–Crippen LogP) is 4.06. The molecule has 1 amide bonds. The molecule has 1 N–H and O–H groups in total. The van der Waals surface area contributed by atoms with Gasteiger partial charge in [0.2, 0.25) is 10.0 Å². The topological polar surface area (TPSA) is 69.7 Å². The lowest BCUT2D eigenvalue weighted by molar-refractivity contribution is 0.102. The summed E-state index contributed by atoms with van der Waals surface area (Å²) in [4.78, 5) is 15.2. The zero-order valence-electron chi connectivity index (χ0n) is 19.0. The minimum atomic E-state index is -3.68. The Bertz CT molecular complexity index is 1230. The second-order valence-electron chi connectivity index (χ2n) is 8.40. The van der Waals surface area contributed by atoms with Gasteiger partial charge < -0.3 is 5.32 Å². The maximum atomic E-state index is 13.3. The molecule has 3 aromatic rings. The van der Waals surface area contributed by atoms with E-state index in [-0.39, 0.29) is 10.8 Å². The summed E-state index contributed by atoms with van der Waals surface area (Å²) in [6.07, 6.45) is 0. The van der Waals surface area contributed by atoms with Gasteiger partial charge in [0.25, 0.3) is 5.91 Å². The van der Waals surface area contributed by atoms with Gasteiger partial charge in [-0.2, -0.15) is 4.31 Å². The molecule has 0 unspecified atom stereocenters. The summed E-state index contributed by atoms with van der Waals surface area (Å²) in [5, 5.41) is 2.90. The van der Waals surface area contributed by atoms with Gasteiger partial charge in [0.1, 0.15) is 0 Å². The number of carbonyl (C=O) groups excluding carboxylic acids is 1. The molecule has 172 valence electrons. The smallest absolute Gasteiger partial charge is 0.255 e. The molecule has 3 aromatic carbocycles. The van der Waals surface area contributed by atoms with Crippen LogP contribution in [0.25, 0.3) is 0 Å². The highest BCUT2D eigenvalue weighted by molar-refractivity contribution is 7.89. The number of nitrogens with one attached hydrogen (secondary N) is 1. The number of anilines is 1. The van der Waals surface area contributed by atoms with E-state index in [1.165, 1.54) is 15.9 Å². The molecule has 1 fully saturated rings. The van der Waals surface area contributed by atoms with Crippen LogP contribution in [0, 0.1) is 13.8 Å². The predicted molar refractivity (Wildman–Crippen MR) is 131 cm³/mol. The number of benzene rings is 3. The number of rotatable bonds is 6. The normalized spacial score (nSPS) is 15.3. The highest BCUT2D eigenvalue weighted by Gasteiger charge is 2.29. The molecule has 6 nitrogen and oxygen atoms in total. The SMILES string of the molecule is Cc1cccc(NC(=O)c2cccc(S(=O)(=O)N3CCN(Cc4ccccc4)CC3)c2)c1C. The Morgan fingerprint density at radius 3 is 2.30 bits per heavy atom. The molecule has 7 heteroatoms. The fourth-order valence-electron chi connectivity index (χ4n) is 4.00. The first-order valence-corrected chi connectivity index (χ1v) is 12.5. The Balaban J connectivity index is 1.44. The molecule has 0 saturated carbocycles. The first kappa shape index (κ1) is 23.2. The van der Waals surface area contributed by atoms with Crippen LogP contribution < -0.4 is 5.32 Å². The van der Waals surface area contributed by atoms with Crippen molar-refractivity contribution >= 4 is 21.6 Å². The highest BCUT2D eigenvalue weighted by Crippen LogP contribution is 2.22. The lowest BCUT2D eigenvalue weighted by Crippen LogP contribution is -2.48. The highest BCUT2D eigenvalue weighted by atomic mass is 32.2. The molecule has 33 heavy (non-hydrogen) atoms. The van der Waals surface area contributed by atoms with Crippen LogP contribution in [0.3, 0.4) is 0 Å². The van der Waals surface area contributed by atoms with E-state index in [0.29, 0.717) is 31.7 Å². The Hall–Kier alpha value is -3.00. The third-order valence-electron chi connectivity index (χ3n) is 6.17. The first-order chi connectivity index (χ1) is 15.8. The summed E-state index contributed by atoms with van der Waals surface area (Å²) in [6.45, 7) is 6.92. The van der Waals surface area contributed by atoms with Crippen molar-refractivity contribution < 1.29 is 13.2 Å². The van der Waals surface area contributed by atoms with Crippen LogP contribution in [-0.2, 0) is 16.6 Å². The molecule has 0 spiro atoms. The summed E-state index contributed by atoms with van der Waals surface area (Å²) >= 11 is 0. The van der Waals surface area contributed by atoms with Crippen molar-refractivity contribution in [3.05, 3.63) is 95.1 Å². The number of hydrogen-bond acceptors (Lipinski definition) is 4. The quantitative estimate of drug-likeness (QED) is 0.599. The van der Waals surface area contributed by atoms with Crippen molar-refractivity contribution in [3.63, 3.8) is 0 Å². The number of sulfonamides is 1. The van der Waals surface area contributed by atoms with Crippen molar-refractivity contribution in [2.75, 3.05) is 31.5 Å². The molecule has 0 aromatic heterocycles. The fraction of sp³-hybridized carbons (Fsp3) is 0.269. The van der Waals surface area contributed by atoms with Gasteiger partial charge in [-0.05, 0) is 54.8 Å². The summed E-state index contributed by atoms with van der Waals surface area (Å²) < 4.78 is 28.0. The molecule has 0 bridgehead atoms. The second kappa shape index (κ2) is 9.87. The molecule has 0 aliphatic carbocycles. The average molecular weight is 464 g/mol. The van der Waals surface area contributed by atoms with E-state index in [1.54, 1.807) is 18.2 Å². The summed E-state index contributed by atoms with van der Waals surface area (Å²) in [5.41, 5.74) is 4.33. The Labute approximate surface area is 195 Å². The molecule has 1 saturated heterocycles. The van der Waals surface area contributed by atoms with E-state index in [4.69, 9.17) is 0 Å². The third-order valence-corrected chi connectivity index (χ3v) is 8.06. The van der Waals surface area contributed by atoms with Gasteiger partial charge in [-0.15, -0.1) is 0 Å². The summed E-state index contributed by atoms with van der Waals surface area (Å²) in [6, 6.07) is 22.2. The van der Waals surface area contributed by atoms with Gasteiger partial charge in [0, 0.05) is 44.0 Å². The van der Waals surface area contributed by atoms with Crippen LogP contribution in [-0.4, -0.2) is 49.7 Å². The zero-order chi connectivity index (χ0) is 23.4. The van der Waals surface area contributed by atoms with Gasteiger partial charge in [0.15, 0.2) is 0 Å². The largest absolute Gasteiger partial charge is 0.322 e. The molecule has 4 rings (SSSR count). The number of piperazine rings is 1. The van der Waals surface area contributed by atoms with Crippen molar-refractivity contribution in [3.8, 4) is 0 Å². The van der Waals surface area contributed by atoms with Crippen LogP contribution in [0.15, 0.2) is 77.7 Å². The average Bonchev–Trinajstić information content (AvgIpc) is 2.83. The lowest BCUT2D eigenvalue weighted by Gasteiger charge is -2.34. The Kier molecular flexibility index (Phi) is 6.93. The van der Waals surface area contributed by atoms with E-state index in [0.717, 1.165) is 23.4 Å². The van der Waals surface area contributed by atoms with Gasteiger partial charge >= 0.3 is 0 Å². The molecule has 0 radical (unpaired) electrons. The Morgan fingerprint density at radius 2 is 1.58 bits per heavy atom. The molecule has 1 aliphatic rings. The minimum absolute atomic E-state index is 0.146. The van der Waals surface area contributed by atoms with Crippen LogP contribution in [0.1, 0.15) is 27.0 Å². The van der Waals surface area contributed by atoms with Crippen molar-refractivity contribution in [1.82, 2.24) is 9.21 Å². The van der Waals surface area contributed by atoms with Crippen LogP contribution in [0.5, 0.6) is 0 Å². The number of carbonyl (C=O) groups is 1. The minimum Gasteiger partial charge on any atom is -0.322 e. The van der Waals surface area contributed by atoms with Gasteiger partial charge in [-0.25, -0.2) is 8.42 Å². The second-order valence-corrected chi connectivity index (χ2v) is 10.3. The van der Waals surface area contributed by atoms with Crippen molar-refractivity contribution in [2.24, 2.45) is 0 Å². The van der Waals surface area contributed by atoms with Crippen molar-refractivity contribution in [1.29, 1.82) is 0 Å². The van der Waals surface area contributed by atoms with E-state index in [1.807, 2.05) is 50.2 Å². The maximum absolute atomic E-state index is 13.3. The maximum Gasteiger partial charge on any atom is 0.255 e. The standard InChI is InChI=1S/C26H29N3O3S/c1-20-8-6-13-25(21(20)2)27-26(30)23-11-7-12-24(18-23)33(31,32)29-16-14-28(15-17-29)19-22-9-4-3-5-10-22/h3-13,18H,14-17,19H2,1-2H3,(H,27,30). The first-order valence-electron chi connectivity index (χ1n) is 11.1. The number of amides is 1. The van der Waals surface area contributed by atoms with Crippen molar-refractivity contribution in [2.45, 2.75) is 25.3 Å². The number of aryl methyl sites for hydroxylation is 1. The monoisotopic (exact) mass is 463 g/mol. The molecule has 1 heterocycles. The number of nitrogens with zero attached hydrogens (tertiary/aromatic N) is 2. The van der Waals surface area contributed by atoms with E-state index < -0.39 is 10.0 Å². The lowest BCUT2D eigenvalue weighted by atomic mass is 10.1. The Morgan fingerprint density at radius 1 is 0.879 bits per heavy atom. The van der Waals surface area contributed by atoms with Gasteiger partial charge in [0.05, 0.1) is 4.90 Å². The molecular formula is C26H29N3O3S. The molecule has 0 atom stereocenters.